The van der Waals surface area contributed by atoms with Crippen LogP contribution in [0, 0.1) is 17.2 Å². The van der Waals surface area contributed by atoms with Crippen molar-refractivity contribution in [3.63, 3.8) is 0 Å². The predicted octanol–water partition coefficient (Wildman–Crippen LogP) is 2.31. The summed E-state index contributed by atoms with van der Waals surface area (Å²) < 4.78 is 5.21. The van der Waals surface area contributed by atoms with Crippen molar-refractivity contribution in [1.29, 1.82) is 5.26 Å². The van der Waals surface area contributed by atoms with Gasteiger partial charge in [-0.15, -0.1) is 0 Å². The van der Waals surface area contributed by atoms with Gasteiger partial charge in [-0.1, -0.05) is 6.07 Å². The number of piperidine rings is 1. The van der Waals surface area contributed by atoms with Gasteiger partial charge in [0.05, 0.1) is 0 Å². The number of benzene rings is 1. The van der Waals surface area contributed by atoms with Gasteiger partial charge in [0, 0.05) is 18.2 Å². The molecule has 0 spiro atoms. The van der Waals surface area contributed by atoms with Crippen LogP contribution >= 0.6 is 0 Å². The van der Waals surface area contributed by atoms with E-state index < -0.39 is 0 Å². The molecule has 2 N–H and O–H groups in total. The number of hydrogen-bond donors (Lipinski definition) is 2. The second kappa shape index (κ2) is 8.28. The van der Waals surface area contributed by atoms with Crippen LogP contribution in [-0.2, 0) is 4.79 Å². The third-order valence-electron chi connectivity index (χ3n) is 3.60. The molecule has 0 aromatic heterocycles. The zero-order valence-corrected chi connectivity index (χ0v) is 12.1. The lowest BCUT2D eigenvalue weighted by Crippen LogP contribution is -2.30. The summed E-state index contributed by atoms with van der Waals surface area (Å²) >= 11 is 0. The highest BCUT2D eigenvalue weighted by Crippen LogP contribution is 2.19. The van der Waals surface area contributed by atoms with Crippen LogP contribution in [0.3, 0.4) is 0 Å². The summed E-state index contributed by atoms with van der Waals surface area (Å²) in [4.78, 5) is 12.0. The van der Waals surface area contributed by atoms with E-state index in [-0.39, 0.29) is 12.5 Å². The third kappa shape index (κ3) is 5.44. The van der Waals surface area contributed by atoms with Crippen molar-refractivity contribution in [3.8, 4) is 11.8 Å². The van der Waals surface area contributed by atoms with E-state index in [1.165, 1.54) is 12.8 Å². The molecule has 21 heavy (non-hydrogen) atoms. The maximum absolute atomic E-state index is 12.0. The number of rotatable bonds is 6. The minimum absolute atomic E-state index is 0.00603. The Hall–Kier alpha value is -2.06. The number of nitrogens with one attached hydrogen (secondary N) is 2. The molecule has 0 radical (unpaired) electrons. The Morgan fingerprint density at radius 1 is 1.52 bits per heavy atom. The Morgan fingerprint density at radius 3 is 3.19 bits per heavy atom. The topological polar surface area (TPSA) is 74.1 Å². The van der Waals surface area contributed by atoms with Crippen LogP contribution in [0.5, 0.6) is 5.75 Å². The van der Waals surface area contributed by atoms with Crippen LogP contribution < -0.4 is 15.4 Å². The molecular weight excluding hydrogens is 266 g/mol. The highest BCUT2D eigenvalue weighted by Gasteiger charge is 2.14. The van der Waals surface area contributed by atoms with Crippen molar-refractivity contribution in [2.75, 3.05) is 25.0 Å². The van der Waals surface area contributed by atoms with Gasteiger partial charge in [-0.3, -0.25) is 4.79 Å². The summed E-state index contributed by atoms with van der Waals surface area (Å²) in [6, 6.07) is 9.03. The smallest absolute Gasteiger partial charge is 0.224 e. The van der Waals surface area contributed by atoms with Crippen molar-refractivity contribution in [1.82, 2.24) is 5.32 Å². The lowest BCUT2D eigenvalue weighted by Gasteiger charge is -2.22. The molecule has 0 aliphatic carbocycles. The molecule has 1 fully saturated rings. The van der Waals surface area contributed by atoms with Gasteiger partial charge in [0.25, 0.3) is 0 Å². The van der Waals surface area contributed by atoms with E-state index in [9.17, 15) is 4.79 Å². The largest absolute Gasteiger partial charge is 0.479 e. The van der Waals surface area contributed by atoms with Crippen molar-refractivity contribution in [2.24, 2.45) is 5.92 Å². The van der Waals surface area contributed by atoms with Crippen LogP contribution in [0.4, 0.5) is 5.69 Å². The van der Waals surface area contributed by atoms with Gasteiger partial charge in [0.15, 0.2) is 6.61 Å². The van der Waals surface area contributed by atoms with Gasteiger partial charge in [0.1, 0.15) is 11.8 Å². The molecule has 1 aliphatic heterocycles. The standard InChI is InChI=1S/C16H21N3O2/c17-8-10-21-15-5-1-4-14(11-15)19-16(20)7-6-13-3-2-9-18-12-13/h1,4-5,11,13,18H,2-3,6-7,9-10,12H2,(H,19,20). The van der Waals surface area contributed by atoms with Crippen LogP contribution in [-0.4, -0.2) is 25.6 Å². The van der Waals surface area contributed by atoms with Crippen LogP contribution in [0.15, 0.2) is 24.3 Å². The Bertz CT molecular complexity index is 504. The molecule has 1 heterocycles. The number of carbonyl (C=O) groups is 1. The molecule has 5 heteroatoms. The Balaban J connectivity index is 1.77. The van der Waals surface area contributed by atoms with Gasteiger partial charge in [-0.2, -0.15) is 5.26 Å². The van der Waals surface area contributed by atoms with E-state index >= 15 is 0 Å². The van der Waals surface area contributed by atoms with E-state index in [4.69, 9.17) is 10.00 Å². The number of carbonyl (C=O) groups excluding carboxylic acids is 1. The van der Waals surface area contributed by atoms with E-state index in [0.29, 0.717) is 23.8 Å². The fourth-order valence-corrected chi connectivity index (χ4v) is 2.51. The lowest BCUT2D eigenvalue weighted by molar-refractivity contribution is -0.116. The average molecular weight is 287 g/mol. The van der Waals surface area contributed by atoms with Crippen LogP contribution in [0.2, 0.25) is 0 Å². The van der Waals surface area contributed by atoms with Crippen molar-refractivity contribution >= 4 is 11.6 Å². The first-order valence-electron chi connectivity index (χ1n) is 7.38. The highest BCUT2D eigenvalue weighted by molar-refractivity contribution is 5.90. The number of anilines is 1. The first kappa shape index (κ1) is 15.3. The molecule has 1 aromatic rings. The summed E-state index contributed by atoms with van der Waals surface area (Å²) in [6.07, 6.45) is 3.86. The Kier molecular flexibility index (Phi) is 6.04. The summed E-state index contributed by atoms with van der Waals surface area (Å²) in [7, 11) is 0. The van der Waals surface area contributed by atoms with Gasteiger partial charge >= 0.3 is 0 Å². The second-order valence-corrected chi connectivity index (χ2v) is 5.27. The lowest BCUT2D eigenvalue weighted by atomic mass is 9.94. The molecule has 1 saturated heterocycles. The molecule has 0 bridgehead atoms. The fraction of sp³-hybridized carbons (Fsp3) is 0.500. The summed E-state index contributed by atoms with van der Waals surface area (Å²) in [5.74, 6) is 1.22. The van der Waals surface area contributed by atoms with Crippen molar-refractivity contribution < 1.29 is 9.53 Å². The number of hydrogen-bond acceptors (Lipinski definition) is 4. The van der Waals surface area contributed by atoms with Gasteiger partial charge < -0.3 is 15.4 Å². The molecule has 1 amide bonds. The van der Waals surface area contributed by atoms with E-state index in [1.54, 1.807) is 18.2 Å². The van der Waals surface area contributed by atoms with E-state index in [0.717, 1.165) is 19.5 Å². The summed E-state index contributed by atoms with van der Waals surface area (Å²) in [5, 5.41) is 14.7. The maximum Gasteiger partial charge on any atom is 0.224 e. The average Bonchev–Trinajstić information content (AvgIpc) is 2.52. The molecule has 1 unspecified atom stereocenters. The molecule has 1 aromatic carbocycles. The van der Waals surface area contributed by atoms with E-state index in [2.05, 4.69) is 10.6 Å². The number of amides is 1. The molecular formula is C16H21N3O2. The molecule has 1 atom stereocenters. The molecule has 1 aliphatic rings. The Labute approximate surface area is 125 Å². The minimum atomic E-state index is 0.00603. The molecule has 2 rings (SSSR count). The minimum Gasteiger partial charge on any atom is -0.479 e. The third-order valence-corrected chi connectivity index (χ3v) is 3.60. The van der Waals surface area contributed by atoms with Crippen LogP contribution in [0.1, 0.15) is 25.7 Å². The molecule has 0 saturated carbocycles. The first-order chi connectivity index (χ1) is 10.3. The van der Waals surface area contributed by atoms with Crippen LogP contribution in [0.25, 0.3) is 0 Å². The maximum atomic E-state index is 12.0. The quantitative estimate of drug-likeness (QED) is 0.842. The normalized spacial score (nSPS) is 17.8. The second-order valence-electron chi connectivity index (χ2n) is 5.27. The summed E-state index contributed by atoms with van der Waals surface area (Å²) in [6.45, 7) is 2.12. The monoisotopic (exact) mass is 287 g/mol. The predicted molar refractivity (Wildman–Crippen MR) is 81.0 cm³/mol. The number of ether oxygens (including phenoxy) is 1. The number of nitriles is 1. The molecule has 5 nitrogen and oxygen atoms in total. The first-order valence-corrected chi connectivity index (χ1v) is 7.38. The van der Waals surface area contributed by atoms with Gasteiger partial charge in [-0.25, -0.2) is 0 Å². The fourth-order valence-electron chi connectivity index (χ4n) is 2.51. The summed E-state index contributed by atoms with van der Waals surface area (Å²) in [5.41, 5.74) is 0.706. The zero-order chi connectivity index (χ0) is 14.9. The number of nitrogens with zero attached hydrogens (tertiary/aromatic N) is 1. The molecule has 112 valence electrons. The van der Waals surface area contributed by atoms with E-state index in [1.807, 2.05) is 12.1 Å². The van der Waals surface area contributed by atoms with Crippen molar-refractivity contribution in [3.05, 3.63) is 24.3 Å². The van der Waals surface area contributed by atoms with Crippen molar-refractivity contribution in [2.45, 2.75) is 25.7 Å². The van der Waals surface area contributed by atoms with Gasteiger partial charge in [0.2, 0.25) is 5.91 Å². The SMILES string of the molecule is N#CCOc1cccc(NC(=O)CCC2CCCNC2)c1. The Morgan fingerprint density at radius 2 is 2.43 bits per heavy atom. The highest BCUT2D eigenvalue weighted by atomic mass is 16.5. The van der Waals surface area contributed by atoms with Gasteiger partial charge in [-0.05, 0) is 50.4 Å². The zero-order valence-electron chi connectivity index (χ0n) is 12.1.